The Morgan fingerprint density at radius 2 is 1.64 bits per heavy atom. The van der Waals surface area contributed by atoms with E-state index >= 15 is 0 Å². The molecule has 1 aromatic heterocycles. The molecule has 0 amide bonds. The van der Waals surface area contributed by atoms with Crippen molar-refractivity contribution in [2.75, 3.05) is 31.1 Å². The van der Waals surface area contributed by atoms with E-state index in [2.05, 4.69) is 58.5 Å². The molecule has 0 bridgehead atoms. The molecule has 0 spiro atoms. The van der Waals surface area contributed by atoms with Crippen molar-refractivity contribution in [2.24, 2.45) is 0 Å². The molecule has 1 N–H and O–H groups in total. The standard InChI is InChI=1S/C22H25N5S/c1-2-13-26-21(19-9-5-3-6-10-19)23-27(22(26)28)18-24-14-16-25(17-15-24)20-11-7-4-8-12-20/h2-12H,1,13-18H2/p+1. The molecule has 0 saturated carbocycles. The maximum absolute atomic E-state index is 5.74. The summed E-state index contributed by atoms with van der Waals surface area (Å²) >= 11 is 5.74. The molecule has 6 heteroatoms. The first-order valence-electron chi connectivity index (χ1n) is 9.74. The number of quaternary nitrogens is 1. The van der Waals surface area contributed by atoms with E-state index in [4.69, 9.17) is 17.3 Å². The SMILES string of the molecule is C=CCn1c(-c2ccccc2)nn(C[NH+]2CCN(c3ccccc3)CC2)c1=S. The van der Waals surface area contributed by atoms with Gasteiger partial charge in [-0.3, -0.25) is 4.57 Å². The molecule has 0 unspecified atom stereocenters. The molecule has 28 heavy (non-hydrogen) atoms. The maximum atomic E-state index is 5.74. The lowest BCUT2D eigenvalue weighted by molar-refractivity contribution is -0.924. The highest BCUT2D eigenvalue weighted by Gasteiger charge is 2.22. The monoisotopic (exact) mass is 392 g/mol. The Balaban J connectivity index is 1.50. The summed E-state index contributed by atoms with van der Waals surface area (Å²) in [4.78, 5) is 3.96. The van der Waals surface area contributed by atoms with E-state index < -0.39 is 0 Å². The van der Waals surface area contributed by atoms with E-state index in [9.17, 15) is 0 Å². The van der Waals surface area contributed by atoms with Crippen LogP contribution in [-0.4, -0.2) is 40.5 Å². The Morgan fingerprint density at radius 1 is 1.00 bits per heavy atom. The summed E-state index contributed by atoms with van der Waals surface area (Å²) in [5, 5.41) is 4.86. The average molecular weight is 393 g/mol. The Labute approximate surface area is 171 Å². The van der Waals surface area contributed by atoms with E-state index in [0.717, 1.165) is 49.0 Å². The van der Waals surface area contributed by atoms with Gasteiger partial charge in [-0.05, 0) is 24.4 Å². The molecule has 4 rings (SSSR count). The normalized spacial score (nSPS) is 14.9. The fourth-order valence-corrected chi connectivity index (χ4v) is 3.99. The molecule has 1 fully saturated rings. The van der Waals surface area contributed by atoms with Crippen molar-refractivity contribution in [3.63, 3.8) is 0 Å². The van der Waals surface area contributed by atoms with Crippen LogP contribution in [0, 0.1) is 4.77 Å². The second-order valence-corrected chi connectivity index (χ2v) is 7.47. The molecule has 5 nitrogen and oxygen atoms in total. The number of nitrogens with zero attached hydrogens (tertiary/aromatic N) is 4. The lowest BCUT2D eigenvalue weighted by Crippen LogP contribution is -3.14. The van der Waals surface area contributed by atoms with E-state index in [1.54, 1.807) is 0 Å². The molecule has 0 aliphatic carbocycles. The summed E-state index contributed by atoms with van der Waals surface area (Å²) in [5.41, 5.74) is 2.39. The number of aromatic nitrogens is 3. The minimum atomic E-state index is 0.667. The van der Waals surface area contributed by atoms with Crippen LogP contribution in [0.3, 0.4) is 0 Å². The summed E-state index contributed by atoms with van der Waals surface area (Å²) in [5.74, 6) is 0.910. The van der Waals surface area contributed by atoms with Gasteiger partial charge >= 0.3 is 0 Å². The van der Waals surface area contributed by atoms with E-state index in [1.165, 1.54) is 10.6 Å². The van der Waals surface area contributed by atoms with Gasteiger partial charge in [0.05, 0.1) is 26.2 Å². The van der Waals surface area contributed by atoms with Gasteiger partial charge in [0.15, 0.2) is 12.5 Å². The van der Waals surface area contributed by atoms with Gasteiger partial charge in [-0.25, -0.2) is 0 Å². The van der Waals surface area contributed by atoms with Crippen LogP contribution in [0.4, 0.5) is 5.69 Å². The van der Waals surface area contributed by atoms with Gasteiger partial charge in [0, 0.05) is 17.8 Å². The third-order valence-electron chi connectivity index (χ3n) is 5.23. The zero-order chi connectivity index (χ0) is 19.3. The van der Waals surface area contributed by atoms with Crippen molar-refractivity contribution in [3.8, 4) is 11.4 Å². The summed E-state index contributed by atoms with van der Waals surface area (Å²) in [7, 11) is 0. The second kappa shape index (κ2) is 8.54. The lowest BCUT2D eigenvalue weighted by Gasteiger charge is -2.33. The number of para-hydroxylation sites is 1. The van der Waals surface area contributed by atoms with Crippen molar-refractivity contribution in [2.45, 2.75) is 13.2 Å². The molecule has 144 valence electrons. The first-order chi connectivity index (χ1) is 13.8. The largest absolute Gasteiger partial charge is 0.360 e. The number of benzene rings is 2. The van der Waals surface area contributed by atoms with Gasteiger partial charge < -0.3 is 9.80 Å². The molecule has 1 aliphatic rings. The molecule has 1 saturated heterocycles. The highest BCUT2D eigenvalue weighted by atomic mass is 32.1. The number of nitrogens with one attached hydrogen (secondary N) is 1. The third kappa shape index (κ3) is 3.93. The van der Waals surface area contributed by atoms with Crippen LogP contribution >= 0.6 is 12.2 Å². The number of hydrogen-bond acceptors (Lipinski definition) is 3. The molecular weight excluding hydrogens is 366 g/mol. The van der Waals surface area contributed by atoms with Crippen LogP contribution in [0.5, 0.6) is 0 Å². The quantitative estimate of drug-likeness (QED) is 0.517. The summed E-state index contributed by atoms with van der Waals surface area (Å²) < 4.78 is 4.81. The first kappa shape index (κ1) is 18.7. The van der Waals surface area contributed by atoms with Crippen molar-refractivity contribution < 1.29 is 4.90 Å². The molecular formula is C22H26N5S+. The molecule has 1 aliphatic heterocycles. The first-order valence-corrected chi connectivity index (χ1v) is 10.1. The van der Waals surface area contributed by atoms with Crippen LogP contribution in [0.25, 0.3) is 11.4 Å². The zero-order valence-electron chi connectivity index (χ0n) is 16.0. The number of hydrogen-bond donors (Lipinski definition) is 1. The number of allylic oxidation sites excluding steroid dienone is 1. The minimum Gasteiger partial charge on any atom is -0.360 e. The van der Waals surface area contributed by atoms with Gasteiger partial charge in [0.2, 0.25) is 4.77 Å². The Bertz CT molecular complexity index is 969. The summed E-state index contributed by atoms with van der Waals surface area (Å²) in [6.45, 7) is 9.59. The van der Waals surface area contributed by atoms with Crippen molar-refractivity contribution in [1.82, 2.24) is 14.3 Å². The predicted molar refractivity (Wildman–Crippen MR) is 116 cm³/mol. The molecule has 0 radical (unpaired) electrons. The van der Waals surface area contributed by atoms with Crippen LogP contribution in [0.2, 0.25) is 0 Å². The fraction of sp³-hybridized carbons (Fsp3) is 0.273. The Kier molecular flexibility index (Phi) is 5.69. The van der Waals surface area contributed by atoms with E-state index in [1.807, 2.05) is 29.0 Å². The zero-order valence-corrected chi connectivity index (χ0v) is 16.8. The molecule has 3 aromatic rings. The second-order valence-electron chi connectivity index (χ2n) is 7.10. The van der Waals surface area contributed by atoms with Crippen LogP contribution in [0.15, 0.2) is 73.3 Å². The molecule has 0 atom stereocenters. The predicted octanol–water partition coefficient (Wildman–Crippen LogP) is 2.63. The summed E-state index contributed by atoms with van der Waals surface area (Å²) in [6.07, 6.45) is 1.87. The highest BCUT2D eigenvalue weighted by molar-refractivity contribution is 7.71. The minimum absolute atomic E-state index is 0.667. The number of piperazine rings is 1. The van der Waals surface area contributed by atoms with Crippen LogP contribution in [0.1, 0.15) is 0 Å². The Hall–Kier alpha value is -2.70. The number of rotatable bonds is 6. The van der Waals surface area contributed by atoms with Gasteiger partial charge in [0.25, 0.3) is 0 Å². The van der Waals surface area contributed by atoms with Gasteiger partial charge in [-0.1, -0.05) is 54.6 Å². The topological polar surface area (TPSA) is 30.4 Å². The Morgan fingerprint density at radius 3 is 2.29 bits per heavy atom. The van der Waals surface area contributed by atoms with Crippen LogP contribution in [-0.2, 0) is 13.2 Å². The van der Waals surface area contributed by atoms with Crippen molar-refractivity contribution in [3.05, 3.63) is 78.1 Å². The third-order valence-corrected chi connectivity index (χ3v) is 5.66. The average Bonchev–Trinajstić information content (AvgIpc) is 3.06. The van der Waals surface area contributed by atoms with E-state index in [0.29, 0.717) is 6.54 Å². The fourth-order valence-electron chi connectivity index (χ4n) is 3.73. The molecule has 2 aromatic carbocycles. The van der Waals surface area contributed by atoms with E-state index in [-0.39, 0.29) is 0 Å². The maximum Gasteiger partial charge on any atom is 0.203 e. The van der Waals surface area contributed by atoms with Crippen molar-refractivity contribution in [1.29, 1.82) is 0 Å². The summed E-state index contributed by atoms with van der Waals surface area (Å²) in [6, 6.07) is 20.9. The highest BCUT2D eigenvalue weighted by Crippen LogP contribution is 2.18. The smallest absolute Gasteiger partial charge is 0.203 e. The van der Waals surface area contributed by atoms with Crippen LogP contribution < -0.4 is 9.80 Å². The number of anilines is 1. The lowest BCUT2D eigenvalue weighted by atomic mass is 10.2. The van der Waals surface area contributed by atoms with Crippen molar-refractivity contribution >= 4 is 17.9 Å². The van der Waals surface area contributed by atoms with Gasteiger partial charge in [-0.2, -0.15) is 4.68 Å². The van der Waals surface area contributed by atoms with Gasteiger partial charge in [0.1, 0.15) is 0 Å². The van der Waals surface area contributed by atoms with Gasteiger partial charge in [-0.15, -0.1) is 11.7 Å². The molecule has 2 heterocycles.